The predicted molar refractivity (Wildman–Crippen MR) is 50.4 cm³/mol. The molecule has 0 fully saturated rings. The van der Waals surface area contributed by atoms with Crippen LogP contribution < -0.4 is 10.5 Å². The smallest absolute Gasteiger partial charge is 0.241 e. The zero-order chi connectivity index (χ0) is 10.4. The van der Waals surface area contributed by atoms with E-state index in [-0.39, 0.29) is 13.0 Å². The van der Waals surface area contributed by atoms with Crippen LogP contribution in [-0.2, 0) is 6.54 Å². The molecule has 0 unspecified atom stereocenters. The summed E-state index contributed by atoms with van der Waals surface area (Å²) in [5.74, 6) is 0.591. The van der Waals surface area contributed by atoms with E-state index in [1.807, 2.05) is 6.07 Å². The van der Waals surface area contributed by atoms with Gasteiger partial charge in [-0.05, 0) is 17.7 Å². The van der Waals surface area contributed by atoms with Crippen LogP contribution in [0.25, 0.3) is 0 Å². The van der Waals surface area contributed by atoms with Gasteiger partial charge in [-0.25, -0.2) is 8.78 Å². The quantitative estimate of drug-likeness (QED) is 0.792. The van der Waals surface area contributed by atoms with Crippen molar-refractivity contribution in [3.05, 3.63) is 29.8 Å². The Morgan fingerprint density at radius 2 is 2.14 bits per heavy atom. The molecule has 0 heterocycles. The second-order valence-electron chi connectivity index (χ2n) is 2.88. The Labute approximate surface area is 81.7 Å². The molecule has 0 spiro atoms. The molecule has 0 saturated heterocycles. The first-order chi connectivity index (χ1) is 6.72. The van der Waals surface area contributed by atoms with E-state index in [4.69, 9.17) is 10.5 Å². The van der Waals surface area contributed by atoms with Crippen LogP contribution in [0.4, 0.5) is 8.78 Å². The highest BCUT2D eigenvalue weighted by Crippen LogP contribution is 2.13. The van der Waals surface area contributed by atoms with Crippen molar-refractivity contribution in [1.29, 1.82) is 0 Å². The molecule has 0 saturated carbocycles. The number of hydrogen-bond donors (Lipinski definition) is 1. The maximum atomic E-state index is 11.8. The van der Waals surface area contributed by atoms with Crippen LogP contribution in [-0.4, -0.2) is 13.0 Å². The molecule has 14 heavy (non-hydrogen) atoms. The van der Waals surface area contributed by atoms with Crippen LogP contribution in [0.15, 0.2) is 24.3 Å². The maximum Gasteiger partial charge on any atom is 0.241 e. The fourth-order valence-corrected chi connectivity index (χ4v) is 1.03. The summed E-state index contributed by atoms with van der Waals surface area (Å²) in [6, 6.07) is 7.13. The van der Waals surface area contributed by atoms with Gasteiger partial charge in [-0.1, -0.05) is 12.1 Å². The number of nitrogens with two attached hydrogens (primary N) is 1. The summed E-state index contributed by atoms with van der Waals surface area (Å²) in [5.41, 5.74) is 6.35. The lowest BCUT2D eigenvalue weighted by Crippen LogP contribution is -2.03. The molecule has 4 heteroatoms. The first-order valence-electron chi connectivity index (χ1n) is 4.42. The highest BCUT2D eigenvalue weighted by molar-refractivity contribution is 5.28. The third-order valence-electron chi connectivity index (χ3n) is 1.74. The fourth-order valence-electron chi connectivity index (χ4n) is 1.03. The van der Waals surface area contributed by atoms with Crippen LogP contribution in [0.5, 0.6) is 5.75 Å². The number of benzene rings is 1. The Morgan fingerprint density at radius 3 is 2.79 bits per heavy atom. The van der Waals surface area contributed by atoms with E-state index in [0.29, 0.717) is 12.3 Å². The largest absolute Gasteiger partial charge is 0.493 e. The average Bonchev–Trinajstić information content (AvgIpc) is 2.18. The monoisotopic (exact) mass is 201 g/mol. The van der Waals surface area contributed by atoms with Crippen LogP contribution in [0, 0.1) is 0 Å². The minimum absolute atomic E-state index is 0.0334. The van der Waals surface area contributed by atoms with Crippen LogP contribution in [0.3, 0.4) is 0 Å². The van der Waals surface area contributed by atoms with Gasteiger partial charge in [0.25, 0.3) is 0 Å². The van der Waals surface area contributed by atoms with Crippen molar-refractivity contribution in [3.8, 4) is 5.75 Å². The molecule has 1 aromatic rings. The van der Waals surface area contributed by atoms with Crippen molar-refractivity contribution < 1.29 is 13.5 Å². The standard InChI is InChI=1S/C10H13F2NO/c11-10(12)4-5-14-9-3-1-2-8(6-9)7-13/h1-3,6,10H,4-5,7,13H2. The molecule has 0 aromatic heterocycles. The lowest BCUT2D eigenvalue weighted by Gasteiger charge is -2.06. The summed E-state index contributed by atoms with van der Waals surface area (Å²) >= 11 is 0. The van der Waals surface area contributed by atoms with Crippen LogP contribution in [0.1, 0.15) is 12.0 Å². The molecule has 2 nitrogen and oxygen atoms in total. The van der Waals surface area contributed by atoms with Gasteiger partial charge in [0.05, 0.1) is 6.61 Å². The normalized spacial score (nSPS) is 10.6. The summed E-state index contributed by atoms with van der Waals surface area (Å²) in [4.78, 5) is 0. The van der Waals surface area contributed by atoms with E-state index in [0.717, 1.165) is 5.56 Å². The molecule has 0 bridgehead atoms. The topological polar surface area (TPSA) is 35.2 Å². The van der Waals surface area contributed by atoms with Gasteiger partial charge in [-0.15, -0.1) is 0 Å². The van der Waals surface area contributed by atoms with Crippen LogP contribution >= 0.6 is 0 Å². The lowest BCUT2D eigenvalue weighted by molar-refractivity contribution is 0.114. The summed E-state index contributed by atoms with van der Waals surface area (Å²) in [6.45, 7) is 0.456. The lowest BCUT2D eigenvalue weighted by atomic mass is 10.2. The van der Waals surface area contributed by atoms with Gasteiger partial charge in [0.15, 0.2) is 0 Å². The first-order valence-corrected chi connectivity index (χ1v) is 4.42. The number of halogens is 2. The van der Waals surface area contributed by atoms with E-state index in [1.54, 1.807) is 18.2 Å². The van der Waals surface area contributed by atoms with Crippen LogP contribution in [0.2, 0.25) is 0 Å². The molecule has 1 rings (SSSR count). The molecule has 0 aliphatic rings. The highest BCUT2D eigenvalue weighted by Gasteiger charge is 2.02. The summed E-state index contributed by atoms with van der Waals surface area (Å²) < 4.78 is 28.7. The SMILES string of the molecule is NCc1cccc(OCCC(F)F)c1. The summed E-state index contributed by atoms with van der Waals surface area (Å²) in [7, 11) is 0. The van der Waals surface area contributed by atoms with Crippen molar-refractivity contribution >= 4 is 0 Å². The predicted octanol–water partition coefficient (Wildman–Crippen LogP) is 2.18. The first kappa shape index (κ1) is 10.9. The molecule has 2 N–H and O–H groups in total. The minimum Gasteiger partial charge on any atom is -0.493 e. The highest BCUT2D eigenvalue weighted by atomic mass is 19.3. The Balaban J connectivity index is 2.42. The van der Waals surface area contributed by atoms with Crippen molar-refractivity contribution in [1.82, 2.24) is 0 Å². The zero-order valence-corrected chi connectivity index (χ0v) is 7.75. The fraction of sp³-hybridized carbons (Fsp3) is 0.400. The van der Waals surface area contributed by atoms with Gasteiger partial charge in [0, 0.05) is 13.0 Å². The van der Waals surface area contributed by atoms with Gasteiger partial charge >= 0.3 is 0 Å². The second kappa shape index (κ2) is 5.54. The molecule has 0 aliphatic carbocycles. The van der Waals surface area contributed by atoms with Crippen molar-refractivity contribution in [2.75, 3.05) is 6.61 Å². The van der Waals surface area contributed by atoms with Gasteiger partial charge < -0.3 is 10.5 Å². The Kier molecular flexibility index (Phi) is 4.32. The minimum atomic E-state index is -2.31. The van der Waals surface area contributed by atoms with E-state index >= 15 is 0 Å². The molecular formula is C10H13F2NO. The molecule has 0 aliphatic heterocycles. The van der Waals surface area contributed by atoms with Gasteiger partial charge in [-0.2, -0.15) is 0 Å². The summed E-state index contributed by atoms with van der Waals surface area (Å²) in [5, 5.41) is 0. The number of alkyl halides is 2. The summed E-state index contributed by atoms with van der Waals surface area (Å²) in [6.07, 6.45) is -2.56. The van der Waals surface area contributed by atoms with Crippen molar-refractivity contribution in [2.45, 2.75) is 19.4 Å². The second-order valence-corrected chi connectivity index (χ2v) is 2.88. The van der Waals surface area contributed by atoms with E-state index < -0.39 is 6.43 Å². The van der Waals surface area contributed by atoms with Gasteiger partial charge in [0.1, 0.15) is 5.75 Å². The Bertz CT molecular complexity index is 279. The molecule has 78 valence electrons. The van der Waals surface area contributed by atoms with E-state index in [9.17, 15) is 8.78 Å². The molecule has 0 radical (unpaired) electrons. The van der Waals surface area contributed by atoms with E-state index in [1.165, 1.54) is 0 Å². The average molecular weight is 201 g/mol. The zero-order valence-electron chi connectivity index (χ0n) is 7.75. The maximum absolute atomic E-state index is 11.8. The molecule has 0 amide bonds. The molecule has 1 aromatic carbocycles. The third-order valence-corrected chi connectivity index (χ3v) is 1.74. The van der Waals surface area contributed by atoms with Gasteiger partial charge in [-0.3, -0.25) is 0 Å². The van der Waals surface area contributed by atoms with E-state index in [2.05, 4.69) is 0 Å². The van der Waals surface area contributed by atoms with Crippen molar-refractivity contribution in [2.24, 2.45) is 5.73 Å². The number of ether oxygens (including phenoxy) is 1. The van der Waals surface area contributed by atoms with Crippen molar-refractivity contribution in [3.63, 3.8) is 0 Å². The molecular weight excluding hydrogens is 188 g/mol. The van der Waals surface area contributed by atoms with Gasteiger partial charge in [0.2, 0.25) is 6.43 Å². The molecule has 0 atom stereocenters. The Hall–Kier alpha value is -1.16. The number of rotatable bonds is 5. The number of hydrogen-bond acceptors (Lipinski definition) is 2. The third kappa shape index (κ3) is 3.70. The Morgan fingerprint density at radius 1 is 1.36 bits per heavy atom.